The minimum absolute atomic E-state index is 0.162. The van der Waals surface area contributed by atoms with Gasteiger partial charge < -0.3 is 14.2 Å². The molecule has 0 spiro atoms. The van der Waals surface area contributed by atoms with E-state index >= 15 is 0 Å². The number of anilines is 1. The Morgan fingerprint density at radius 3 is 2.15 bits per heavy atom. The summed E-state index contributed by atoms with van der Waals surface area (Å²) in [6, 6.07) is 9.46. The van der Waals surface area contributed by atoms with Crippen LogP contribution in [0.4, 0.5) is 5.69 Å². The molecule has 0 bridgehead atoms. The maximum atomic E-state index is 13.3. The largest absolute Gasteiger partial charge is 0.495 e. The molecule has 148 valence electrons. The summed E-state index contributed by atoms with van der Waals surface area (Å²) >= 11 is 6.15. The van der Waals surface area contributed by atoms with Gasteiger partial charge in [0.15, 0.2) is 0 Å². The lowest BCUT2D eigenvalue weighted by molar-refractivity contribution is 0.340. The molecular weight excluding hydrogens is 390 g/mol. The Bertz CT molecular complexity index is 868. The van der Waals surface area contributed by atoms with Crippen molar-refractivity contribution in [2.75, 3.05) is 31.7 Å². The van der Waals surface area contributed by atoms with Crippen LogP contribution in [0, 0.1) is 0 Å². The Hall–Kier alpha value is -2.12. The molecule has 0 atom stereocenters. The summed E-state index contributed by atoms with van der Waals surface area (Å²) in [6.07, 6.45) is 0.615. The van der Waals surface area contributed by atoms with Crippen molar-refractivity contribution in [3.05, 3.63) is 41.4 Å². The molecule has 0 saturated heterocycles. The summed E-state index contributed by atoms with van der Waals surface area (Å²) in [5.41, 5.74) is 0.370. The van der Waals surface area contributed by atoms with E-state index < -0.39 is 10.0 Å². The molecule has 2 aromatic rings. The second-order valence-corrected chi connectivity index (χ2v) is 7.91. The van der Waals surface area contributed by atoms with E-state index in [1.807, 2.05) is 13.8 Å². The summed E-state index contributed by atoms with van der Waals surface area (Å²) in [5, 5.41) is 0.341. The molecule has 2 aromatic carbocycles. The highest BCUT2D eigenvalue weighted by Crippen LogP contribution is 2.40. The lowest BCUT2D eigenvalue weighted by Crippen LogP contribution is -2.32. The average Bonchev–Trinajstić information content (AvgIpc) is 2.66. The van der Waals surface area contributed by atoms with Crippen LogP contribution in [0.5, 0.6) is 17.2 Å². The fourth-order valence-corrected chi connectivity index (χ4v) is 4.40. The topological polar surface area (TPSA) is 65.1 Å². The van der Waals surface area contributed by atoms with Gasteiger partial charge in [-0.3, -0.25) is 4.31 Å². The summed E-state index contributed by atoms with van der Waals surface area (Å²) in [4.78, 5) is 0.162. The zero-order chi connectivity index (χ0) is 20.0. The maximum absolute atomic E-state index is 13.3. The van der Waals surface area contributed by atoms with Gasteiger partial charge in [-0.05, 0) is 37.6 Å². The smallest absolute Gasteiger partial charge is 0.264 e. The Labute approximate surface area is 165 Å². The molecule has 0 aliphatic heterocycles. The van der Waals surface area contributed by atoms with Crippen LogP contribution in [0.3, 0.4) is 0 Å². The molecule has 0 fully saturated rings. The van der Waals surface area contributed by atoms with Gasteiger partial charge >= 0.3 is 0 Å². The molecule has 0 unspecified atom stereocenters. The van der Waals surface area contributed by atoms with E-state index in [0.717, 1.165) is 0 Å². The Kier molecular flexibility index (Phi) is 7.21. The van der Waals surface area contributed by atoms with Gasteiger partial charge in [0, 0.05) is 18.7 Å². The Morgan fingerprint density at radius 1 is 1.00 bits per heavy atom. The number of ether oxygens (including phenoxy) is 3. The van der Waals surface area contributed by atoms with Gasteiger partial charge in [-0.2, -0.15) is 0 Å². The Balaban J connectivity index is 2.56. The van der Waals surface area contributed by atoms with E-state index in [4.69, 9.17) is 25.8 Å². The quantitative estimate of drug-likeness (QED) is 0.611. The van der Waals surface area contributed by atoms with E-state index in [1.165, 1.54) is 30.7 Å². The van der Waals surface area contributed by atoms with E-state index in [9.17, 15) is 8.42 Å². The van der Waals surface area contributed by atoms with E-state index in [-0.39, 0.29) is 11.4 Å². The van der Waals surface area contributed by atoms with Crippen LogP contribution in [0.25, 0.3) is 0 Å². The first kappa shape index (κ1) is 21.2. The molecule has 0 aromatic heterocycles. The van der Waals surface area contributed by atoms with Gasteiger partial charge in [-0.15, -0.1) is 0 Å². The zero-order valence-corrected chi connectivity index (χ0v) is 17.4. The van der Waals surface area contributed by atoms with Gasteiger partial charge in [0.05, 0.1) is 36.4 Å². The molecule has 0 saturated carbocycles. The molecule has 2 rings (SSSR count). The molecular formula is C19H24ClNO5S. The van der Waals surface area contributed by atoms with Crippen molar-refractivity contribution >= 4 is 27.3 Å². The highest BCUT2D eigenvalue weighted by atomic mass is 35.5. The predicted octanol–water partition coefficient (Wildman–Crippen LogP) is 4.36. The molecule has 0 radical (unpaired) electrons. The van der Waals surface area contributed by atoms with Crippen LogP contribution in [0.2, 0.25) is 5.02 Å². The highest BCUT2D eigenvalue weighted by Gasteiger charge is 2.28. The van der Waals surface area contributed by atoms with Crippen molar-refractivity contribution in [2.45, 2.75) is 25.2 Å². The molecule has 0 aliphatic carbocycles. The number of methoxy groups -OCH3 is 2. The molecule has 27 heavy (non-hydrogen) atoms. The number of hydrogen-bond acceptors (Lipinski definition) is 5. The van der Waals surface area contributed by atoms with Crippen LogP contribution in [0.1, 0.15) is 20.3 Å². The van der Waals surface area contributed by atoms with Gasteiger partial charge in [0.25, 0.3) is 10.0 Å². The van der Waals surface area contributed by atoms with Gasteiger partial charge in [0.2, 0.25) is 0 Å². The van der Waals surface area contributed by atoms with Crippen molar-refractivity contribution in [2.24, 2.45) is 0 Å². The minimum Gasteiger partial charge on any atom is -0.495 e. The van der Waals surface area contributed by atoms with Crippen LogP contribution in [0.15, 0.2) is 41.3 Å². The molecule has 0 N–H and O–H groups in total. The number of halogens is 1. The fourth-order valence-electron chi connectivity index (χ4n) is 2.61. The molecule has 8 heteroatoms. The number of sulfonamides is 1. The van der Waals surface area contributed by atoms with Crippen molar-refractivity contribution in [3.8, 4) is 17.2 Å². The highest BCUT2D eigenvalue weighted by molar-refractivity contribution is 7.92. The molecule has 0 heterocycles. The summed E-state index contributed by atoms with van der Waals surface area (Å²) in [5.74, 6) is 1.34. The summed E-state index contributed by atoms with van der Waals surface area (Å²) in [6.45, 7) is 4.56. The third kappa shape index (κ3) is 4.59. The van der Waals surface area contributed by atoms with E-state index in [2.05, 4.69) is 0 Å². The lowest BCUT2D eigenvalue weighted by atomic mass is 10.2. The van der Waals surface area contributed by atoms with Crippen LogP contribution in [-0.2, 0) is 10.0 Å². The van der Waals surface area contributed by atoms with Gasteiger partial charge in [0.1, 0.15) is 17.2 Å². The third-order valence-corrected chi connectivity index (χ3v) is 5.99. The fraction of sp³-hybridized carbons (Fsp3) is 0.368. The van der Waals surface area contributed by atoms with E-state index in [0.29, 0.717) is 41.0 Å². The monoisotopic (exact) mass is 413 g/mol. The van der Waals surface area contributed by atoms with Crippen molar-refractivity contribution in [1.29, 1.82) is 0 Å². The normalized spacial score (nSPS) is 11.1. The lowest BCUT2D eigenvalue weighted by Gasteiger charge is -2.26. The van der Waals surface area contributed by atoms with Gasteiger partial charge in [-0.25, -0.2) is 8.42 Å². The first-order valence-corrected chi connectivity index (χ1v) is 10.4. The molecule has 6 nitrogen and oxygen atoms in total. The molecule has 0 amide bonds. The number of rotatable bonds is 9. The first-order chi connectivity index (χ1) is 12.9. The molecule has 0 aliphatic rings. The number of hydrogen-bond donors (Lipinski definition) is 0. The van der Waals surface area contributed by atoms with E-state index in [1.54, 1.807) is 24.3 Å². The van der Waals surface area contributed by atoms with Crippen LogP contribution < -0.4 is 18.5 Å². The van der Waals surface area contributed by atoms with Crippen molar-refractivity contribution in [3.63, 3.8) is 0 Å². The van der Waals surface area contributed by atoms with Crippen LogP contribution >= 0.6 is 11.6 Å². The maximum Gasteiger partial charge on any atom is 0.264 e. The van der Waals surface area contributed by atoms with Crippen molar-refractivity contribution in [1.82, 2.24) is 0 Å². The zero-order valence-electron chi connectivity index (χ0n) is 15.9. The van der Waals surface area contributed by atoms with Gasteiger partial charge in [-0.1, -0.05) is 18.5 Å². The second-order valence-electron chi connectivity index (χ2n) is 5.64. The summed E-state index contributed by atoms with van der Waals surface area (Å²) in [7, 11) is -0.877. The predicted molar refractivity (Wildman–Crippen MR) is 107 cm³/mol. The standard InChI is InChI=1S/C19H24ClNO5S/c1-5-11-21(17-13-18(24-3)16(20)12-19(17)25-4)27(22,23)15-9-7-14(8-10-15)26-6-2/h7-10,12-13H,5-6,11H2,1-4H3. The van der Waals surface area contributed by atoms with Crippen molar-refractivity contribution < 1.29 is 22.6 Å². The SMILES string of the molecule is CCCN(c1cc(OC)c(Cl)cc1OC)S(=O)(=O)c1ccc(OCC)cc1. The minimum atomic E-state index is -3.82. The first-order valence-electron chi connectivity index (χ1n) is 8.56. The average molecular weight is 414 g/mol. The number of benzene rings is 2. The summed E-state index contributed by atoms with van der Waals surface area (Å²) < 4.78 is 43.9. The number of nitrogens with zero attached hydrogens (tertiary/aromatic N) is 1. The second kappa shape index (κ2) is 9.19. The van der Waals surface area contributed by atoms with Crippen LogP contribution in [-0.4, -0.2) is 35.8 Å². The third-order valence-electron chi connectivity index (χ3n) is 3.87. The Morgan fingerprint density at radius 2 is 1.63 bits per heavy atom.